The highest BCUT2D eigenvalue weighted by molar-refractivity contribution is 7.89. The van der Waals surface area contributed by atoms with Crippen molar-refractivity contribution < 1.29 is 13.5 Å². The predicted octanol–water partition coefficient (Wildman–Crippen LogP) is 1.97. The molecule has 0 bridgehead atoms. The number of sulfonamides is 1. The molecule has 1 aromatic carbocycles. The summed E-state index contributed by atoms with van der Waals surface area (Å²) >= 11 is 0. The van der Waals surface area contributed by atoms with Crippen molar-refractivity contribution in [1.29, 1.82) is 0 Å². The Hall–Kier alpha value is -0.950. The van der Waals surface area contributed by atoms with Crippen LogP contribution in [-0.4, -0.2) is 44.1 Å². The van der Waals surface area contributed by atoms with Crippen LogP contribution in [0.2, 0.25) is 0 Å². The van der Waals surface area contributed by atoms with Crippen LogP contribution in [0.3, 0.4) is 0 Å². The van der Waals surface area contributed by atoms with Crippen LogP contribution in [0.25, 0.3) is 0 Å². The van der Waals surface area contributed by atoms with E-state index >= 15 is 0 Å². The van der Waals surface area contributed by atoms with E-state index in [9.17, 15) is 8.42 Å². The zero-order valence-corrected chi connectivity index (χ0v) is 14.8. The Morgan fingerprint density at radius 2 is 2.04 bits per heavy atom. The third kappa shape index (κ3) is 4.76. The van der Waals surface area contributed by atoms with Crippen LogP contribution >= 0.6 is 0 Å². The van der Waals surface area contributed by atoms with E-state index in [2.05, 4.69) is 12.2 Å². The second kappa shape index (κ2) is 8.24. The fourth-order valence-electron chi connectivity index (χ4n) is 3.20. The van der Waals surface area contributed by atoms with Gasteiger partial charge in [0.25, 0.3) is 0 Å². The van der Waals surface area contributed by atoms with Gasteiger partial charge in [0.2, 0.25) is 10.0 Å². The second-order valence-corrected chi connectivity index (χ2v) is 8.52. The summed E-state index contributed by atoms with van der Waals surface area (Å²) in [5.74, 6) is 0.732. The summed E-state index contributed by atoms with van der Waals surface area (Å²) in [4.78, 5) is 0.326. The molecule has 6 heteroatoms. The first-order valence-corrected chi connectivity index (χ1v) is 9.77. The van der Waals surface area contributed by atoms with Gasteiger partial charge in [0.1, 0.15) is 0 Å². The van der Waals surface area contributed by atoms with Crippen LogP contribution in [0.15, 0.2) is 29.2 Å². The maximum atomic E-state index is 12.6. The predicted molar refractivity (Wildman–Crippen MR) is 91.6 cm³/mol. The van der Waals surface area contributed by atoms with E-state index in [1.165, 1.54) is 24.2 Å². The fraction of sp³-hybridized carbons (Fsp3) is 0.647. The molecule has 0 amide bonds. The number of hydrogen-bond acceptors (Lipinski definition) is 4. The maximum Gasteiger partial charge on any atom is 0.243 e. The van der Waals surface area contributed by atoms with Gasteiger partial charge in [-0.05, 0) is 30.4 Å². The molecule has 0 radical (unpaired) electrons. The zero-order chi connectivity index (χ0) is 16.9. The molecule has 0 spiro atoms. The maximum absolute atomic E-state index is 12.6. The van der Waals surface area contributed by atoms with Gasteiger partial charge in [-0.3, -0.25) is 0 Å². The molecule has 0 heterocycles. The molecular weight excluding hydrogens is 312 g/mol. The van der Waals surface area contributed by atoms with Crippen LogP contribution in [0.4, 0.5) is 0 Å². The van der Waals surface area contributed by atoms with Crippen LogP contribution < -0.4 is 5.32 Å². The third-order valence-corrected chi connectivity index (χ3v) is 6.55. The lowest BCUT2D eigenvalue weighted by Gasteiger charge is -2.28. The summed E-state index contributed by atoms with van der Waals surface area (Å²) in [5, 5.41) is 12.5. The normalized spacial score (nSPS) is 22.4. The molecule has 5 nitrogen and oxygen atoms in total. The van der Waals surface area contributed by atoms with Crippen LogP contribution in [0, 0.1) is 5.92 Å². The lowest BCUT2D eigenvalue weighted by molar-refractivity contribution is 0.266. The molecule has 1 aliphatic rings. The summed E-state index contributed by atoms with van der Waals surface area (Å²) in [5.41, 5.74) is 0.788. The Bertz CT molecular complexity index is 604. The average molecular weight is 340 g/mol. The van der Waals surface area contributed by atoms with Crippen LogP contribution in [0.1, 0.15) is 38.2 Å². The summed E-state index contributed by atoms with van der Waals surface area (Å²) in [7, 11) is -2.06. The highest BCUT2D eigenvalue weighted by atomic mass is 32.2. The van der Waals surface area contributed by atoms with E-state index in [1.54, 1.807) is 12.1 Å². The zero-order valence-electron chi connectivity index (χ0n) is 14.0. The third-order valence-electron chi connectivity index (χ3n) is 4.59. The Balaban J connectivity index is 2.11. The Morgan fingerprint density at radius 1 is 1.30 bits per heavy atom. The number of aliphatic hydroxyl groups excluding tert-OH is 1. The molecule has 0 aromatic heterocycles. The molecule has 2 unspecified atom stereocenters. The number of rotatable bonds is 7. The van der Waals surface area contributed by atoms with E-state index in [0.29, 0.717) is 17.5 Å². The van der Waals surface area contributed by atoms with Gasteiger partial charge in [-0.1, -0.05) is 38.0 Å². The van der Waals surface area contributed by atoms with E-state index in [0.717, 1.165) is 24.3 Å². The quantitative estimate of drug-likeness (QED) is 0.796. The van der Waals surface area contributed by atoms with Crippen molar-refractivity contribution in [3.05, 3.63) is 29.8 Å². The molecule has 2 rings (SSSR count). The van der Waals surface area contributed by atoms with Gasteiger partial charge in [0, 0.05) is 26.2 Å². The van der Waals surface area contributed by atoms with Crippen molar-refractivity contribution in [2.24, 2.45) is 5.92 Å². The van der Waals surface area contributed by atoms with Crippen molar-refractivity contribution >= 4 is 10.0 Å². The standard InChI is InChI=1S/C17H28N2O3S/c1-14-6-5-8-16(12-14)18-13-15-7-3-4-9-17(15)23(21,22)19(2)10-11-20/h3-4,7,9,14,16,18,20H,5-6,8,10-13H2,1-2H3. The summed E-state index contributed by atoms with van der Waals surface area (Å²) in [6.45, 7) is 2.75. The number of nitrogens with one attached hydrogen (secondary N) is 1. The van der Waals surface area contributed by atoms with E-state index < -0.39 is 10.0 Å². The van der Waals surface area contributed by atoms with Gasteiger partial charge < -0.3 is 10.4 Å². The molecule has 130 valence electrons. The topological polar surface area (TPSA) is 69.6 Å². The molecular formula is C17H28N2O3S. The van der Waals surface area contributed by atoms with Gasteiger partial charge in [-0.2, -0.15) is 4.31 Å². The smallest absolute Gasteiger partial charge is 0.243 e. The first kappa shape index (κ1) is 18.4. The largest absolute Gasteiger partial charge is 0.395 e. The minimum Gasteiger partial charge on any atom is -0.395 e. The van der Waals surface area contributed by atoms with E-state index in [1.807, 2.05) is 12.1 Å². The molecule has 2 atom stereocenters. The van der Waals surface area contributed by atoms with Gasteiger partial charge in [-0.25, -0.2) is 8.42 Å². The average Bonchev–Trinajstić information content (AvgIpc) is 2.53. The van der Waals surface area contributed by atoms with Gasteiger partial charge in [-0.15, -0.1) is 0 Å². The molecule has 2 N–H and O–H groups in total. The molecule has 0 aliphatic heterocycles. The highest BCUT2D eigenvalue weighted by Crippen LogP contribution is 2.25. The van der Waals surface area contributed by atoms with Crippen LogP contribution in [0.5, 0.6) is 0 Å². The Labute approximate surface area is 139 Å². The first-order chi connectivity index (χ1) is 10.9. The first-order valence-electron chi connectivity index (χ1n) is 8.33. The van der Waals surface area contributed by atoms with Crippen molar-refractivity contribution in [2.45, 2.75) is 50.1 Å². The lowest BCUT2D eigenvalue weighted by Crippen LogP contribution is -2.34. The summed E-state index contributed by atoms with van der Waals surface area (Å²) in [6.07, 6.45) is 4.83. The molecule has 1 aliphatic carbocycles. The van der Waals surface area contributed by atoms with E-state index in [-0.39, 0.29) is 13.2 Å². The highest BCUT2D eigenvalue weighted by Gasteiger charge is 2.24. The summed E-state index contributed by atoms with van der Waals surface area (Å²) in [6, 6.07) is 7.57. The van der Waals surface area contributed by atoms with Crippen molar-refractivity contribution in [2.75, 3.05) is 20.2 Å². The molecule has 1 saturated carbocycles. The number of aliphatic hydroxyl groups is 1. The number of benzene rings is 1. The molecule has 1 fully saturated rings. The number of likely N-dealkylation sites (N-methyl/N-ethyl adjacent to an activating group) is 1. The number of nitrogens with zero attached hydrogens (tertiary/aromatic N) is 1. The van der Waals surface area contributed by atoms with Gasteiger partial charge >= 0.3 is 0 Å². The van der Waals surface area contributed by atoms with Crippen molar-refractivity contribution in [3.63, 3.8) is 0 Å². The second-order valence-electron chi connectivity index (χ2n) is 6.51. The van der Waals surface area contributed by atoms with Crippen LogP contribution in [-0.2, 0) is 16.6 Å². The lowest BCUT2D eigenvalue weighted by atomic mass is 9.87. The van der Waals surface area contributed by atoms with E-state index in [4.69, 9.17) is 5.11 Å². The SMILES string of the molecule is CC1CCCC(NCc2ccccc2S(=O)(=O)N(C)CCO)C1. The van der Waals surface area contributed by atoms with Gasteiger partial charge in [0.05, 0.1) is 11.5 Å². The van der Waals surface area contributed by atoms with Gasteiger partial charge in [0.15, 0.2) is 0 Å². The fourth-order valence-corrected chi connectivity index (χ4v) is 4.58. The number of hydrogen-bond donors (Lipinski definition) is 2. The molecule has 0 saturated heterocycles. The van der Waals surface area contributed by atoms with Crippen molar-refractivity contribution in [3.8, 4) is 0 Å². The molecule has 1 aromatic rings. The monoisotopic (exact) mass is 340 g/mol. The minimum absolute atomic E-state index is 0.101. The Kier molecular flexibility index (Phi) is 6.59. The molecule has 23 heavy (non-hydrogen) atoms. The minimum atomic E-state index is -3.56. The Morgan fingerprint density at radius 3 is 2.74 bits per heavy atom. The summed E-state index contributed by atoms with van der Waals surface area (Å²) < 4.78 is 26.5. The van der Waals surface area contributed by atoms with Crippen molar-refractivity contribution in [1.82, 2.24) is 9.62 Å².